The van der Waals surface area contributed by atoms with Crippen molar-refractivity contribution in [1.82, 2.24) is 5.32 Å². The van der Waals surface area contributed by atoms with Crippen molar-refractivity contribution in [2.24, 2.45) is 0 Å². The van der Waals surface area contributed by atoms with Gasteiger partial charge < -0.3 is 15.3 Å². The minimum Gasteiger partial charge on any atom is -0.395 e. The highest BCUT2D eigenvalue weighted by atomic mass is 19.4. The molecular weight excluding hydrogens is 295 g/mol. The molecular formula is C13H17F5N2O. The van der Waals surface area contributed by atoms with Crippen LogP contribution in [0.1, 0.15) is 11.1 Å². The van der Waals surface area contributed by atoms with E-state index in [1.54, 1.807) is 0 Å². The van der Waals surface area contributed by atoms with Gasteiger partial charge in [0.15, 0.2) is 0 Å². The minimum absolute atomic E-state index is 0.0107. The van der Waals surface area contributed by atoms with E-state index in [2.05, 4.69) is 5.32 Å². The van der Waals surface area contributed by atoms with E-state index in [0.717, 1.165) is 11.0 Å². The summed E-state index contributed by atoms with van der Waals surface area (Å²) in [5, 5.41) is 11.5. The van der Waals surface area contributed by atoms with Gasteiger partial charge in [0, 0.05) is 18.8 Å². The van der Waals surface area contributed by atoms with Crippen molar-refractivity contribution in [2.75, 3.05) is 31.6 Å². The number of anilines is 1. The Kier molecular flexibility index (Phi) is 6.35. The normalized spacial score (nSPS) is 12.0. The fourth-order valence-electron chi connectivity index (χ4n) is 1.98. The second-order valence-corrected chi connectivity index (χ2v) is 4.43. The largest absolute Gasteiger partial charge is 0.416 e. The van der Waals surface area contributed by atoms with E-state index in [-0.39, 0.29) is 24.3 Å². The van der Waals surface area contributed by atoms with Crippen LogP contribution in [0.2, 0.25) is 0 Å². The zero-order valence-corrected chi connectivity index (χ0v) is 11.4. The van der Waals surface area contributed by atoms with Crippen LogP contribution in [0.5, 0.6) is 0 Å². The van der Waals surface area contributed by atoms with Crippen LogP contribution in [-0.2, 0) is 12.7 Å². The quantitative estimate of drug-likeness (QED) is 0.759. The third kappa shape index (κ3) is 5.13. The van der Waals surface area contributed by atoms with Crippen LogP contribution < -0.4 is 10.2 Å². The molecule has 0 radical (unpaired) electrons. The van der Waals surface area contributed by atoms with Crippen molar-refractivity contribution in [2.45, 2.75) is 19.1 Å². The molecule has 0 bridgehead atoms. The van der Waals surface area contributed by atoms with Gasteiger partial charge in [-0.2, -0.15) is 13.2 Å². The van der Waals surface area contributed by atoms with Gasteiger partial charge in [-0.05, 0) is 24.7 Å². The highest BCUT2D eigenvalue weighted by Crippen LogP contribution is 2.34. The van der Waals surface area contributed by atoms with Gasteiger partial charge in [-0.1, -0.05) is 6.07 Å². The predicted octanol–water partition coefficient (Wildman–Crippen LogP) is 2.49. The van der Waals surface area contributed by atoms with Gasteiger partial charge in [0.2, 0.25) is 0 Å². The third-order valence-corrected chi connectivity index (χ3v) is 2.86. The lowest BCUT2D eigenvalue weighted by atomic mass is 10.1. The van der Waals surface area contributed by atoms with Gasteiger partial charge in [0.05, 0.1) is 18.7 Å². The second-order valence-electron chi connectivity index (χ2n) is 4.43. The Morgan fingerprint density at radius 2 is 1.95 bits per heavy atom. The summed E-state index contributed by atoms with van der Waals surface area (Å²) in [5.74, 6) is 0. The summed E-state index contributed by atoms with van der Waals surface area (Å²) in [6, 6.07) is 3.44. The number of hydrogen-bond acceptors (Lipinski definition) is 3. The van der Waals surface area contributed by atoms with Crippen molar-refractivity contribution in [1.29, 1.82) is 0 Å². The van der Waals surface area contributed by atoms with E-state index < -0.39 is 31.3 Å². The summed E-state index contributed by atoms with van der Waals surface area (Å²) >= 11 is 0. The molecule has 2 N–H and O–H groups in total. The van der Waals surface area contributed by atoms with Gasteiger partial charge in [0.25, 0.3) is 6.43 Å². The van der Waals surface area contributed by atoms with E-state index in [1.165, 1.54) is 19.2 Å². The Balaban J connectivity index is 3.18. The van der Waals surface area contributed by atoms with E-state index in [4.69, 9.17) is 5.11 Å². The Morgan fingerprint density at radius 1 is 1.29 bits per heavy atom. The lowest BCUT2D eigenvalue weighted by molar-refractivity contribution is -0.138. The molecule has 0 amide bonds. The molecule has 0 unspecified atom stereocenters. The first-order valence-electron chi connectivity index (χ1n) is 6.28. The Hall–Kier alpha value is -1.41. The maximum absolute atomic E-state index is 13.0. The fourth-order valence-corrected chi connectivity index (χ4v) is 1.98. The molecule has 1 aromatic carbocycles. The van der Waals surface area contributed by atoms with Crippen LogP contribution in [0.15, 0.2) is 18.2 Å². The number of benzene rings is 1. The molecule has 0 aliphatic rings. The lowest BCUT2D eigenvalue weighted by Crippen LogP contribution is -2.32. The first-order chi connectivity index (χ1) is 9.79. The molecule has 0 saturated heterocycles. The van der Waals surface area contributed by atoms with Crippen molar-refractivity contribution < 1.29 is 27.1 Å². The Bertz CT molecular complexity index is 451. The highest BCUT2D eigenvalue weighted by Gasteiger charge is 2.33. The van der Waals surface area contributed by atoms with E-state index in [1.807, 2.05) is 0 Å². The number of aliphatic hydroxyl groups excluding tert-OH is 1. The topological polar surface area (TPSA) is 35.5 Å². The molecule has 0 aliphatic heterocycles. The van der Waals surface area contributed by atoms with Crippen LogP contribution in [0.4, 0.5) is 27.6 Å². The van der Waals surface area contributed by atoms with Gasteiger partial charge >= 0.3 is 6.18 Å². The first kappa shape index (κ1) is 17.6. The smallest absolute Gasteiger partial charge is 0.395 e. The van der Waals surface area contributed by atoms with Crippen LogP contribution in [0.3, 0.4) is 0 Å². The first-order valence-corrected chi connectivity index (χ1v) is 6.28. The zero-order chi connectivity index (χ0) is 16.0. The number of nitrogens with one attached hydrogen (secondary N) is 1. The van der Waals surface area contributed by atoms with E-state index in [9.17, 15) is 22.0 Å². The van der Waals surface area contributed by atoms with Crippen molar-refractivity contribution in [3.63, 3.8) is 0 Å². The van der Waals surface area contributed by atoms with Crippen molar-refractivity contribution in [3.05, 3.63) is 29.3 Å². The molecule has 1 aromatic rings. The third-order valence-electron chi connectivity index (χ3n) is 2.86. The number of alkyl halides is 5. The van der Waals surface area contributed by atoms with E-state index in [0.29, 0.717) is 0 Å². The SMILES string of the molecule is CNCc1ccc(N(CCO)CC(F)F)cc1C(F)(F)F. The zero-order valence-electron chi connectivity index (χ0n) is 11.4. The van der Waals surface area contributed by atoms with Crippen LogP contribution in [0.25, 0.3) is 0 Å². The fraction of sp³-hybridized carbons (Fsp3) is 0.538. The van der Waals surface area contributed by atoms with Crippen molar-refractivity contribution in [3.8, 4) is 0 Å². The standard InChI is InChI=1S/C13H17F5N2O/c1-19-7-9-2-3-10(6-11(9)13(16,17)18)20(4-5-21)8-12(14)15/h2-3,6,12,19,21H,4-5,7-8H2,1H3. The monoisotopic (exact) mass is 312 g/mol. The maximum atomic E-state index is 13.0. The van der Waals surface area contributed by atoms with Gasteiger partial charge in [-0.15, -0.1) is 0 Å². The molecule has 0 aromatic heterocycles. The number of hydrogen-bond donors (Lipinski definition) is 2. The van der Waals surface area contributed by atoms with Crippen LogP contribution in [-0.4, -0.2) is 38.3 Å². The van der Waals surface area contributed by atoms with Crippen molar-refractivity contribution >= 4 is 5.69 Å². The molecule has 21 heavy (non-hydrogen) atoms. The molecule has 120 valence electrons. The summed E-state index contributed by atoms with van der Waals surface area (Å²) in [5.41, 5.74) is -0.821. The maximum Gasteiger partial charge on any atom is 0.416 e. The summed E-state index contributed by atoms with van der Waals surface area (Å²) < 4.78 is 64.0. The summed E-state index contributed by atoms with van der Waals surface area (Å²) in [4.78, 5) is 1.03. The predicted molar refractivity (Wildman–Crippen MR) is 69.5 cm³/mol. The average Bonchev–Trinajstić information content (AvgIpc) is 2.37. The van der Waals surface area contributed by atoms with Gasteiger partial charge in [-0.3, -0.25) is 0 Å². The molecule has 0 heterocycles. The Labute approximate surface area is 119 Å². The van der Waals surface area contributed by atoms with E-state index >= 15 is 0 Å². The molecule has 0 saturated carbocycles. The molecule has 0 aliphatic carbocycles. The molecule has 1 rings (SSSR count). The molecule has 0 spiro atoms. The summed E-state index contributed by atoms with van der Waals surface area (Å²) in [6.07, 6.45) is -7.28. The average molecular weight is 312 g/mol. The molecule has 8 heteroatoms. The van der Waals surface area contributed by atoms with Gasteiger partial charge in [0.1, 0.15) is 0 Å². The summed E-state index contributed by atoms with van der Waals surface area (Å²) in [7, 11) is 1.52. The lowest BCUT2D eigenvalue weighted by Gasteiger charge is -2.25. The Morgan fingerprint density at radius 3 is 2.43 bits per heavy atom. The van der Waals surface area contributed by atoms with Crippen LogP contribution >= 0.6 is 0 Å². The minimum atomic E-state index is -4.57. The number of aliphatic hydroxyl groups is 1. The molecule has 0 fully saturated rings. The number of rotatable bonds is 7. The molecule has 0 atom stereocenters. The summed E-state index contributed by atoms with van der Waals surface area (Å²) in [6.45, 7) is -1.30. The number of halogens is 5. The number of nitrogens with zero attached hydrogens (tertiary/aromatic N) is 1. The van der Waals surface area contributed by atoms with Crippen LogP contribution in [0, 0.1) is 0 Å². The molecule has 3 nitrogen and oxygen atoms in total. The highest BCUT2D eigenvalue weighted by molar-refractivity contribution is 5.52. The second kappa shape index (κ2) is 7.56. The van der Waals surface area contributed by atoms with Gasteiger partial charge in [-0.25, -0.2) is 8.78 Å².